The first-order valence-electron chi connectivity index (χ1n) is 30.3. The summed E-state index contributed by atoms with van der Waals surface area (Å²) in [6.07, 6.45) is -1.22. The van der Waals surface area contributed by atoms with Gasteiger partial charge in [0.05, 0.1) is 18.2 Å². The number of aromatic nitrogens is 2. The number of hydrogen-bond donors (Lipinski definition) is 8. The van der Waals surface area contributed by atoms with Crippen molar-refractivity contribution in [2.45, 2.75) is 115 Å². The Morgan fingerprint density at radius 3 is 1.76 bits per heavy atom. The molecule has 488 valence electrons. The lowest BCUT2D eigenvalue weighted by atomic mass is 10.0. The third-order valence-corrected chi connectivity index (χ3v) is 14.6. The first kappa shape index (κ1) is 69.3. The Kier molecular flexibility index (Phi) is 28.4. The number of H-pyrrole nitrogens is 1. The van der Waals surface area contributed by atoms with Crippen molar-refractivity contribution in [1.82, 2.24) is 56.9 Å². The fourth-order valence-electron chi connectivity index (χ4n) is 9.50. The van der Waals surface area contributed by atoms with Crippen molar-refractivity contribution < 1.29 is 72.1 Å². The molecule has 26 nitrogen and oxygen atoms in total. The minimum Gasteiger partial charge on any atom is -0.445 e. The van der Waals surface area contributed by atoms with E-state index in [9.17, 15) is 48.3 Å². The number of hydrogen-bond acceptors (Lipinski definition) is 16. The minimum atomic E-state index is -1.57. The van der Waals surface area contributed by atoms with Crippen LogP contribution in [0.3, 0.4) is 0 Å². The second-order valence-corrected chi connectivity index (χ2v) is 21.4. The largest absolute Gasteiger partial charge is 0.445 e. The highest BCUT2D eigenvalue weighted by atomic mass is 16.7. The number of piperidine rings is 1. The van der Waals surface area contributed by atoms with Crippen molar-refractivity contribution in [2.75, 3.05) is 39.8 Å². The van der Waals surface area contributed by atoms with Gasteiger partial charge in [0.15, 0.2) is 0 Å². The number of hydroxylamine groups is 4. The molecule has 0 bridgehead atoms. The van der Waals surface area contributed by atoms with Crippen LogP contribution in [0.2, 0.25) is 0 Å². The van der Waals surface area contributed by atoms with E-state index in [-0.39, 0.29) is 110 Å². The zero-order chi connectivity index (χ0) is 65.3. The van der Waals surface area contributed by atoms with Gasteiger partial charge in [-0.25, -0.2) is 29.5 Å². The number of aromatic amines is 1. The SMILES string of the molecule is CN(C(=O)OCc1ccccc1)[C@@H](CCCN(OCc1ccccc1)C(=O)CCNC(=O)CCNC(=O)[C@@H](NC(=O)OCc1ccccc1)[C@H](O)c1cnc[nH]1)C(=O)N[C@@H](CCCNC(=O)OCc1ccccc1)C(=O)N[C@H]1CCCN(OCc2ccccc2)C1=O. The van der Waals surface area contributed by atoms with E-state index in [0.29, 0.717) is 24.1 Å². The molecule has 1 aromatic heterocycles. The average molecular weight is 1270 g/mol. The van der Waals surface area contributed by atoms with E-state index in [2.05, 4.69) is 41.9 Å². The molecule has 1 aliphatic heterocycles. The molecule has 0 unspecified atom stereocenters. The summed E-state index contributed by atoms with van der Waals surface area (Å²) in [5, 5.41) is 29.2. The van der Waals surface area contributed by atoms with Gasteiger partial charge in [0.2, 0.25) is 29.5 Å². The monoisotopic (exact) mass is 1270 g/mol. The fourth-order valence-corrected chi connectivity index (χ4v) is 9.50. The molecular weight excluding hydrogens is 1190 g/mol. The van der Waals surface area contributed by atoms with E-state index in [1.165, 1.54) is 24.6 Å². The maximum Gasteiger partial charge on any atom is 0.410 e. The van der Waals surface area contributed by atoms with Gasteiger partial charge in [0.25, 0.3) is 5.91 Å². The summed E-state index contributed by atoms with van der Waals surface area (Å²) < 4.78 is 16.3. The zero-order valence-electron chi connectivity index (χ0n) is 51.2. The van der Waals surface area contributed by atoms with Crippen LogP contribution < -0.4 is 31.9 Å². The van der Waals surface area contributed by atoms with E-state index in [1.54, 1.807) is 78.9 Å². The molecule has 26 heteroatoms. The van der Waals surface area contributed by atoms with E-state index >= 15 is 0 Å². The normalized spacial score (nSPS) is 14.0. The van der Waals surface area contributed by atoms with Crippen molar-refractivity contribution in [1.29, 1.82) is 0 Å². The number of aliphatic hydroxyl groups excluding tert-OH is 1. The molecule has 2 heterocycles. The molecule has 8 N–H and O–H groups in total. The molecule has 9 amide bonds. The molecule has 1 saturated heterocycles. The topological polar surface area (TPSA) is 331 Å². The lowest BCUT2D eigenvalue weighted by Crippen LogP contribution is -2.58. The van der Waals surface area contributed by atoms with Gasteiger partial charge in [-0.05, 0) is 66.3 Å². The molecule has 92 heavy (non-hydrogen) atoms. The zero-order valence-corrected chi connectivity index (χ0v) is 51.2. The van der Waals surface area contributed by atoms with Crippen LogP contribution in [0.4, 0.5) is 14.4 Å². The van der Waals surface area contributed by atoms with Crippen molar-refractivity contribution in [3.05, 3.63) is 198 Å². The number of imidazole rings is 1. The summed E-state index contributed by atoms with van der Waals surface area (Å²) in [5.41, 5.74) is 3.84. The predicted octanol–water partition coefficient (Wildman–Crippen LogP) is 5.56. The number of likely N-dealkylation sites (N-methyl/N-ethyl adjacent to an activating group) is 1. The van der Waals surface area contributed by atoms with Crippen LogP contribution in [-0.2, 0) is 85.7 Å². The van der Waals surface area contributed by atoms with Gasteiger partial charge in [-0.1, -0.05) is 152 Å². The number of nitrogens with one attached hydrogen (secondary N) is 7. The van der Waals surface area contributed by atoms with Crippen molar-refractivity contribution in [3.63, 3.8) is 0 Å². The third kappa shape index (κ3) is 23.6. The van der Waals surface area contributed by atoms with E-state index < -0.39 is 84.0 Å². The predicted molar refractivity (Wildman–Crippen MR) is 333 cm³/mol. The van der Waals surface area contributed by atoms with Gasteiger partial charge in [-0.15, -0.1) is 0 Å². The summed E-state index contributed by atoms with van der Waals surface area (Å²) in [4.78, 5) is 142. The minimum absolute atomic E-state index is 0.0217. The number of benzene rings is 5. The third-order valence-electron chi connectivity index (χ3n) is 14.6. The summed E-state index contributed by atoms with van der Waals surface area (Å²) >= 11 is 0. The van der Waals surface area contributed by atoms with Crippen molar-refractivity contribution in [2.24, 2.45) is 0 Å². The lowest BCUT2D eigenvalue weighted by molar-refractivity contribution is -0.199. The number of carbonyl (C=O) groups excluding carboxylic acids is 9. The molecule has 1 fully saturated rings. The quantitative estimate of drug-likeness (QED) is 0.0137. The summed E-state index contributed by atoms with van der Waals surface area (Å²) in [6.45, 7) is -0.310. The molecule has 0 spiro atoms. The van der Waals surface area contributed by atoms with Gasteiger partial charge in [0, 0.05) is 52.6 Å². The molecule has 0 radical (unpaired) electrons. The van der Waals surface area contributed by atoms with Crippen LogP contribution in [-0.4, -0.2) is 148 Å². The second-order valence-electron chi connectivity index (χ2n) is 21.4. The highest BCUT2D eigenvalue weighted by Gasteiger charge is 2.36. The van der Waals surface area contributed by atoms with E-state index in [4.69, 9.17) is 23.9 Å². The van der Waals surface area contributed by atoms with Gasteiger partial charge < -0.3 is 56.2 Å². The summed E-state index contributed by atoms with van der Waals surface area (Å²) in [7, 11) is 1.37. The smallest absolute Gasteiger partial charge is 0.410 e. The van der Waals surface area contributed by atoms with Crippen LogP contribution >= 0.6 is 0 Å². The number of nitrogens with zero attached hydrogens (tertiary/aromatic N) is 4. The highest BCUT2D eigenvalue weighted by Crippen LogP contribution is 2.19. The van der Waals surface area contributed by atoms with Crippen molar-refractivity contribution >= 4 is 53.7 Å². The van der Waals surface area contributed by atoms with Crippen LogP contribution in [0.15, 0.2) is 164 Å². The Labute approximate surface area is 532 Å². The molecule has 1 aliphatic rings. The van der Waals surface area contributed by atoms with Crippen LogP contribution in [0, 0.1) is 0 Å². The Morgan fingerprint density at radius 1 is 0.620 bits per heavy atom. The van der Waals surface area contributed by atoms with Crippen LogP contribution in [0.1, 0.15) is 91.0 Å². The lowest BCUT2D eigenvalue weighted by Gasteiger charge is -2.33. The Bertz CT molecular complexity index is 3270. The Hall–Kier alpha value is -10.2. The molecule has 6 aromatic rings. The number of aliphatic hydroxyl groups is 1. The van der Waals surface area contributed by atoms with Gasteiger partial charge in [-0.2, -0.15) is 0 Å². The maximum absolute atomic E-state index is 14.8. The van der Waals surface area contributed by atoms with Crippen LogP contribution in [0.25, 0.3) is 0 Å². The summed E-state index contributed by atoms with van der Waals surface area (Å²) in [6, 6.07) is 39.9. The maximum atomic E-state index is 14.8. The average Bonchev–Trinajstić information content (AvgIpc) is 3.15. The second kappa shape index (κ2) is 37.7. The van der Waals surface area contributed by atoms with Crippen LogP contribution in [0.5, 0.6) is 0 Å². The first-order valence-corrected chi connectivity index (χ1v) is 30.3. The molecule has 0 aliphatic carbocycles. The van der Waals surface area contributed by atoms with Gasteiger partial charge in [0.1, 0.15) is 63.3 Å². The van der Waals surface area contributed by atoms with E-state index in [1.807, 2.05) is 72.8 Å². The standard InChI is InChI=1S/C66H79N11O15/c1-75(66(87)90-43-49-24-11-4-12-25-49)55(61(82)72-52(30-17-35-70-64(85)88-41-47-20-7-2-8-21-47)60(81)73-53-31-18-39-77(63(53)84)92-45-51-28-15-6-16-29-51)32-19-38-76(91-44-50-26-13-5-14-27-50)57(79)34-37-68-56(78)33-36-69-62(83)58(59(80)54-40-67-46-71-54)74-65(86)89-42-48-22-9-3-10-23-48/h2-16,20-29,40,46,52-53,55,58-59,80H,17-19,30-39,41-45H2,1H3,(H,67,71)(H,68,78)(H,69,83)(H,70,85)(H,72,82)(H,73,81)(H,74,86)/t52-,53-,55-,58-,59+/m0/s1. The molecule has 5 aromatic carbocycles. The number of rotatable bonds is 35. The molecule has 0 saturated carbocycles. The number of carbonyl (C=O) groups is 9. The van der Waals surface area contributed by atoms with Gasteiger partial charge >= 0.3 is 18.3 Å². The number of alkyl carbamates (subject to hydrolysis) is 2. The Balaban J connectivity index is 0.988. The van der Waals surface area contributed by atoms with Gasteiger partial charge in [-0.3, -0.25) is 43.3 Å². The molecular formula is C66H79N11O15. The highest BCUT2D eigenvalue weighted by molar-refractivity contribution is 5.94. The first-order chi connectivity index (χ1) is 44.7. The molecule has 5 atom stereocenters. The molecule has 7 rings (SSSR count). The summed E-state index contributed by atoms with van der Waals surface area (Å²) in [5.74, 6) is -3.88. The number of ether oxygens (including phenoxy) is 3. The van der Waals surface area contributed by atoms with Crippen molar-refractivity contribution in [3.8, 4) is 0 Å². The van der Waals surface area contributed by atoms with E-state index in [0.717, 1.165) is 26.7 Å². The fraction of sp³-hybridized carbons (Fsp3) is 0.364. The number of amides is 9. The Morgan fingerprint density at radius 2 is 1.17 bits per heavy atom.